The molecule has 0 spiro atoms. The van der Waals surface area contributed by atoms with Crippen LogP contribution in [0.15, 0.2) is 83.8 Å². The summed E-state index contributed by atoms with van der Waals surface area (Å²) < 4.78 is 23.3. The standard InChI is InChI=1S/C27H28O6S/c28-23(19-32-24-12-10-22(11-13-24)27(29)30)20-33-25-14-16-26(17-15-25)34(31)18-6-2-5-9-21-7-3-1-4-8-21/h1,3-4,7-8,10-17H,2,5-6,9,18-20H2,(H,29,30). The van der Waals surface area contributed by atoms with E-state index >= 15 is 0 Å². The number of aryl methyl sites for hydroxylation is 1. The molecule has 0 bridgehead atoms. The second-order valence-corrected chi connectivity index (χ2v) is 9.33. The van der Waals surface area contributed by atoms with Crippen LogP contribution in [0.5, 0.6) is 11.5 Å². The van der Waals surface area contributed by atoms with Gasteiger partial charge in [0.2, 0.25) is 5.78 Å². The van der Waals surface area contributed by atoms with Gasteiger partial charge in [-0.25, -0.2) is 4.79 Å². The normalized spacial score (nSPS) is 11.5. The summed E-state index contributed by atoms with van der Waals surface area (Å²) in [6, 6.07) is 23.1. The summed E-state index contributed by atoms with van der Waals surface area (Å²) in [5, 5.41) is 8.89. The Morgan fingerprint density at radius 2 is 1.32 bits per heavy atom. The molecule has 34 heavy (non-hydrogen) atoms. The largest absolute Gasteiger partial charge is 0.486 e. The maximum atomic E-state index is 12.5. The second-order valence-electron chi connectivity index (χ2n) is 7.76. The Morgan fingerprint density at radius 3 is 1.91 bits per heavy atom. The van der Waals surface area contributed by atoms with Gasteiger partial charge in [-0.3, -0.25) is 9.00 Å². The van der Waals surface area contributed by atoms with Crippen molar-refractivity contribution in [1.29, 1.82) is 0 Å². The number of carboxylic acids is 1. The average Bonchev–Trinajstić information content (AvgIpc) is 2.87. The van der Waals surface area contributed by atoms with Crippen molar-refractivity contribution in [2.45, 2.75) is 30.6 Å². The minimum Gasteiger partial charge on any atom is -0.486 e. The molecule has 0 radical (unpaired) electrons. The van der Waals surface area contributed by atoms with Crippen molar-refractivity contribution in [2.24, 2.45) is 0 Å². The topological polar surface area (TPSA) is 89.9 Å². The van der Waals surface area contributed by atoms with Crippen molar-refractivity contribution in [3.8, 4) is 11.5 Å². The lowest BCUT2D eigenvalue weighted by Gasteiger charge is -2.08. The minimum absolute atomic E-state index is 0.148. The highest BCUT2D eigenvalue weighted by atomic mass is 32.2. The third kappa shape index (κ3) is 8.48. The van der Waals surface area contributed by atoms with Gasteiger partial charge in [-0.2, -0.15) is 0 Å². The molecule has 1 atom stereocenters. The Balaban J connectivity index is 1.33. The molecule has 7 heteroatoms. The molecule has 6 nitrogen and oxygen atoms in total. The molecule has 3 aromatic carbocycles. The highest BCUT2D eigenvalue weighted by Gasteiger charge is 2.08. The van der Waals surface area contributed by atoms with E-state index in [9.17, 15) is 13.8 Å². The van der Waals surface area contributed by atoms with E-state index in [4.69, 9.17) is 14.6 Å². The molecule has 178 valence electrons. The number of ether oxygens (including phenoxy) is 2. The first kappa shape index (κ1) is 25.2. The molecule has 0 aliphatic heterocycles. The third-order valence-electron chi connectivity index (χ3n) is 5.13. The highest BCUT2D eigenvalue weighted by Crippen LogP contribution is 2.17. The van der Waals surface area contributed by atoms with Crippen LogP contribution >= 0.6 is 0 Å². The molecule has 1 unspecified atom stereocenters. The second kappa shape index (κ2) is 13.3. The van der Waals surface area contributed by atoms with Crippen LogP contribution in [0.4, 0.5) is 0 Å². The van der Waals surface area contributed by atoms with Crippen LogP contribution in [0.3, 0.4) is 0 Å². The van der Waals surface area contributed by atoms with Gasteiger partial charge in [0.05, 0.1) is 16.4 Å². The number of carbonyl (C=O) groups is 2. The molecule has 1 N–H and O–H groups in total. The molecule has 3 rings (SSSR count). The maximum absolute atomic E-state index is 12.5. The van der Waals surface area contributed by atoms with Crippen LogP contribution in [-0.4, -0.2) is 40.0 Å². The van der Waals surface area contributed by atoms with Gasteiger partial charge in [0.25, 0.3) is 0 Å². The summed E-state index contributed by atoms with van der Waals surface area (Å²) in [5.41, 5.74) is 1.48. The van der Waals surface area contributed by atoms with Crippen LogP contribution in [0.1, 0.15) is 35.2 Å². The fourth-order valence-electron chi connectivity index (χ4n) is 3.25. The smallest absolute Gasteiger partial charge is 0.335 e. The number of ketones is 1. The van der Waals surface area contributed by atoms with Crippen molar-refractivity contribution in [1.82, 2.24) is 0 Å². The van der Waals surface area contributed by atoms with Gasteiger partial charge in [0.15, 0.2) is 0 Å². The van der Waals surface area contributed by atoms with Gasteiger partial charge in [0.1, 0.15) is 24.7 Å². The first-order valence-electron chi connectivity index (χ1n) is 11.1. The van der Waals surface area contributed by atoms with Gasteiger partial charge in [-0.15, -0.1) is 0 Å². The Morgan fingerprint density at radius 1 is 0.735 bits per heavy atom. The van der Waals surface area contributed by atoms with Crippen LogP contribution in [0.25, 0.3) is 0 Å². The van der Waals surface area contributed by atoms with Crippen LogP contribution < -0.4 is 9.47 Å². The quantitative estimate of drug-likeness (QED) is 0.329. The Hall–Kier alpha value is -3.45. The van der Waals surface area contributed by atoms with Gasteiger partial charge in [0, 0.05) is 10.6 Å². The van der Waals surface area contributed by atoms with E-state index in [2.05, 4.69) is 12.1 Å². The number of rotatable bonds is 14. The molecular weight excluding hydrogens is 452 g/mol. The van der Waals surface area contributed by atoms with Gasteiger partial charge < -0.3 is 14.6 Å². The SMILES string of the molecule is O=C(COc1ccc(C(=O)O)cc1)COc1ccc(S(=O)CCCCCc2ccccc2)cc1. The molecule has 0 saturated carbocycles. The van der Waals surface area contributed by atoms with Crippen molar-refractivity contribution in [3.05, 3.63) is 90.0 Å². The first-order chi connectivity index (χ1) is 16.5. The maximum Gasteiger partial charge on any atom is 0.335 e. The lowest BCUT2D eigenvalue weighted by atomic mass is 10.1. The number of aromatic carboxylic acids is 1. The molecule has 0 saturated heterocycles. The zero-order valence-electron chi connectivity index (χ0n) is 18.9. The molecule has 0 heterocycles. The predicted molar refractivity (Wildman–Crippen MR) is 131 cm³/mol. The zero-order valence-corrected chi connectivity index (χ0v) is 19.7. The van der Waals surface area contributed by atoms with E-state index in [1.165, 1.54) is 29.8 Å². The molecular formula is C27H28O6S. The van der Waals surface area contributed by atoms with Crippen molar-refractivity contribution in [2.75, 3.05) is 19.0 Å². The van der Waals surface area contributed by atoms with Crippen molar-refractivity contribution in [3.63, 3.8) is 0 Å². The predicted octanol–water partition coefficient (Wildman–Crippen LogP) is 4.93. The summed E-state index contributed by atoms with van der Waals surface area (Å²) in [4.78, 5) is 23.6. The summed E-state index contributed by atoms with van der Waals surface area (Å²) >= 11 is 0. The van der Waals surface area contributed by atoms with Gasteiger partial charge in [-0.1, -0.05) is 36.8 Å². The Labute approximate surface area is 202 Å². The summed E-state index contributed by atoms with van der Waals surface area (Å²) in [7, 11) is -1.06. The van der Waals surface area contributed by atoms with E-state index in [-0.39, 0.29) is 24.6 Å². The monoisotopic (exact) mass is 480 g/mol. The average molecular weight is 481 g/mol. The summed E-state index contributed by atoms with van der Waals surface area (Å²) in [6.07, 6.45) is 4.07. The molecule has 0 aliphatic carbocycles. The lowest BCUT2D eigenvalue weighted by Crippen LogP contribution is -2.19. The fraction of sp³-hybridized carbons (Fsp3) is 0.259. The fourth-order valence-corrected chi connectivity index (χ4v) is 4.39. The number of unbranched alkanes of at least 4 members (excludes halogenated alkanes) is 2. The van der Waals surface area contributed by atoms with E-state index in [0.717, 1.165) is 30.6 Å². The van der Waals surface area contributed by atoms with Crippen LogP contribution in [0, 0.1) is 0 Å². The number of carboxylic acid groups (broad SMARTS) is 1. The van der Waals surface area contributed by atoms with Crippen LogP contribution in [0.2, 0.25) is 0 Å². The number of Topliss-reactive ketones (excluding diaryl/α,β-unsaturated/α-hetero) is 1. The summed E-state index contributed by atoms with van der Waals surface area (Å²) in [5.74, 6) is 0.265. The number of hydrogen-bond acceptors (Lipinski definition) is 5. The third-order valence-corrected chi connectivity index (χ3v) is 6.58. The number of benzene rings is 3. The van der Waals surface area contributed by atoms with E-state index in [0.29, 0.717) is 17.3 Å². The van der Waals surface area contributed by atoms with E-state index in [1.54, 1.807) is 24.3 Å². The minimum atomic E-state index is -1.06. The molecule has 0 amide bonds. The lowest BCUT2D eigenvalue weighted by molar-refractivity contribution is -0.123. The Kier molecular flexibility index (Phi) is 9.85. The summed E-state index contributed by atoms with van der Waals surface area (Å²) in [6.45, 7) is -0.337. The zero-order chi connectivity index (χ0) is 24.2. The van der Waals surface area contributed by atoms with Gasteiger partial charge in [-0.05, 0) is 73.4 Å². The first-order valence-corrected chi connectivity index (χ1v) is 12.5. The molecule has 0 aromatic heterocycles. The Bertz CT molecular complexity index is 1080. The number of carbonyl (C=O) groups excluding carboxylic acids is 1. The molecule has 0 aliphatic rings. The molecule has 0 fully saturated rings. The van der Waals surface area contributed by atoms with Crippen molar-refractivity contribution < 1.29 is 28.4 Å². The highest BCUT2D eigenvalue weighted by molar-refractivity contribution is 7.85. The van der Waals surface area contributed by atoms with Gasteiger partial charge >= 0.3 is 5.97 Å². The van der Waals surface area contributed by atoms with Crippen LogP contribution in [-0.2, 0) is 22.0 Å². The molecule has 3 aromatic rings. The number of hydrogen-bond donors (Lipinski definition) is 1. The van der Waals surface area contributed by atoms with E-state index in [1.807, 2.05) is 18.2 Å². The van der Waals surface area contributed by atoms with Crippen molar-refractivity contribution >= 4 is 22.6 Å². The van der Waals surface area contributed by atoms with E-state index < -0.39 is 16.8 Å².